The molecule has 0 aliphatic heterocycles. The van der Waals surface area contributed by atoms with Gasteiger partial charge in [-0.15, -0.1) is 0 Å². The van der Waals surface area contributed by atoms with Crippen LogP contribution in [0, 0.1) is 0 Å². The van der Waals surface area contributed by atoms with Crippen molar-refractivity contribution in [3.8, 4) is 28.7 Å². The van der Waals surface area contributed by atoms with Gasteiger partial charge in [0, 0.05) is 6.92 Å². The van der Waals surface area contributed by atoms with Crippen LogP contribution in [0.2, 0.25) is 0 Å². The number of carbonyl (C=O) groups excluding carboxylic acids is 2. The fourth-order valence-corrected chi connectivity index (χ4v) is 3.08. The van der Waals surface area contributed by atoms with Gasteiger partial charge in [-0.1, -0.05) is 47.6 Å². The smallest absolute Gasteiger partial charge is 0.343 e. The van der Waals surface area contributed by atoms with Crippen LogP contribution in [0.4, 0.5) is 0 Å². The quantitative estimate of drug-likeness (QED) is 0.281. The van der Waals surface area contributed by atoms with Gasteiger partial charge in [0.15, 0.2) is 17.3 Å². The van der Waals surface area contributed by atoms with E-state index in [0.29, 0.717) is 34.2 Å². The first kappa shape index (κ1) is 22.5. The van der Waals surface area contributed by atoms with Crippen molar-refractivity contribution in [2.75, 3.05) is 7.11 Å². The van der Waals surface area contributed by atoms with E-state index in [9.17, 15) is 9.59 Å². The lowest BCUT2D eigenvalue weighted by atomic mass is 10.2. The zero-order chi connectivity index (χ0) is 23.9. The lowest BCUT2D eigenvalue weighted by Gasteiger charge is -2.08. The molecule has 0 radical (unpaired) electrons. The number of hydrogen-bond acceptors (Lipinski definition) is 8. The van der Waals surface area contributed by atoms with Crippen LogP contribution in [-0.2, 0) is 4.79 Å². The first-order valence-corrected chi connectivity index (χ1v) is 10.3. The molecule has 1 aromatic heterocycles. The second kappa shape index (κ2) is 10.3. The lowest BCUT2D eigenvalue weighted by Crippen LogP contribution is -2.08. The summed E-state index contributed by atoms with van der Waals surface area (Å²) < 4.78 is 21.3. The molecule has 34 heavy (non-hydrogen) atoms. The van der Waals surface area contributed by atoms with Crippen LogP contribution in [0.5, 0.6) is 17.2 Å². The van der Waals surface area contributed by atoms with Crippen LogP contribution < -0.4 is 14.2 Å². The topological polar surface area (TPSA) is 101 Å². The maximum atomic E-state index is 12.5. The third-order valence-corrected chi connectivity index (χ3v) is 4.64. The molecule has 0 aliphatic rings. The Morgan fingerprint density at radius 3 is 2.38 bits per heavy atom. The van der Waals surface area contributed by atoms with E-state index in [1.807, 2.05) is 6.07 Å². The van der Waals surface area contributed by atoms with E-state index in [1.165, 1.54) is 14.0 Å². The average molecular weight is 456 g/mol. The molecule has 0 N–H and O–H groups in total. The van der Waals surface area contributed by atoms with Crippen molar-refractivity contribution in [1.29, 1.82) is 0 Å². The molecule has 0 aliphatic carbocycles. The molecule has 3 aromatic carbocycles. The van der Waals surface area contributed by atoms with Crippen LogP contribution in [-0.4, -0.2) is 29.2 Å². The summed E-state index contributed by atoms with van der Waals surface area (Å²) in [7, 11) is 1.49. The number of rotatable bonds is 7. The minimum atomic E-state index is -0.487. The monoisotopic (exact) mass is 456 g/mol. The Balaban J connectivity index is 1.53. The van der Waals surface area contributed by atoms with E-state index in [0.717, 1.165) is 5.56 Å². The molecule has 0 fully saturated rings. The van der Waals surface area contributed by atoms with Gasteiger partial charge in [0.25, 0.3) is 5.89 Å². The minimum absolute atomic E-state index is 0.207. The van der Waals surface area contributed by atoms with E-state index in [1.54, 1.807) is 78.9 Å². The number of esters is 2. The maximum absolute atomic E-state index is 12.5. The number of benzene rings is 3. The molecule has 8 heteroatoms. The van der Waals surface area contributed by atoms with Gasteiger partial charge >= 0.3 is 11.9 Å². The highest BCUT2D eigenvalue weighted by Crippen LogP contribution is 2.30. The SMILES string of the molecule is COc1cc(/C=C/c2noc(-c3ccccc3OC(=O)c3ccccc3)n2)ccc1OC(C)=O. The fraction of sp³-hybridized carbons (Fsp3) is 0.0769. The molecule has 4 aromatic rings. The van der Waals surface area contributed by atoms with Crippen LogP contribution in [0.3, 0.4) is 0 Å². The Labute approximate surface area is 195 Å². The van der Waals surface area contributed by atoms with Crippen LogP contribution in [0.15, 0.2) is 77.3 Å². The molecule has 8 nitrogen and oxygen atoms in total. The van der Waals surface area contributed by atoms with Crippen molar-refractivity contribution in [1.82, 2.24) is 10.1 Å². The number of methoxy groups -OCH3 is 1. The molecule has 0 unspecified atom stereocenters. The molecule has 0 atom stereocenters. The van der Waals surface area contributed by atoms with E-state index in [2.05, 4.69) is 10.1 Å². The summed E-state index contributed by atoms with van der Waals surface area (Å²) in [4.78, 5) is 28.0. The summed E-state index contributed by atoms with van der Waals surface area (Å²) in [5, 5.41) is 3.97. The standard InChI is InChI=1S/C26H20N2O6/c1-17(29)32-22-14-12-18(16-23(22)31-2)13-15-24-27-25(34-28-24)20-10-6-7-11-21(20)33-26(30)19-8-4-3-5-9-19/h3-16H,1-2H3/b15-13+. The maximum Gasteiger partial charge on any atom is 0.343 e. The molecule has 170 valence electrons. The van der Waals surface area contributed by atoms with E-state index in [-0.39, 0.29) is 5.89 Å². The number of hydrogen-bond donors (Lipinski definition) is 0. The zero-order valence-corrected chi connectivity index (χ0v) is 18.4. The molecule has 1 heterocycles. The van der Waals surface area contributed by atoms with Crippen LogP contribution in [0.1, 0.15) is 28.7 Å². The van der Waals surface area contributed by atoms with Crippen molar-refractivity contribution < 1.29 is 28.3 Å². The predicted molar refractivity (Wildman–Crippen MR) is 124 cm³/mol. The number of nitrogens with zero attached hydrogens (tertiary/aromatic N) is 2. The first-order valence-electron chi connectivity index (χ1n) is 10.3. The number of ether oxygens (including phenoxy) is 3. The van der Waals surface area contributed by atoms with Gasteiger partial charge in [-0.2, -0.15) is 4.98 Å². The normalized spacial score (nSPS) is 10.8. The molecular formula is C26H20N2O6. The van der Waals surface area contributed by atoms with Gasteiger partial charge in [0.05, 0.1) is 18.2 Å². The molecule has 0 bridgehead atoms. The highest BCUT2D eigenvalue weighted by Gasteiger charge is 2.16. The molecule has 0 saturated heterocycles. The molecular weight excluding hydrogens is 436 g/mol. The Bertz CT molecular complexity index is 1340. The number of aromatic nitrogens is 2. The van der Waals surface area contributed by atoms with E-state index < -0.39 is 11.9 Å². The van der Waals surface area contributed by atoms with E-state index in [4.69, 9.17) is 18.7 Å². The van der Waals surface area contributed by atoms with Crippen molar-refractivity contribution >= 4 is 24.1 Å². The largest absolute Gasteiger partial charge is 0.493 e. The van der Waals surface area contributed by atoms with Crippen molar-refractivity contribution in [3.05, 3.63) is 89.7 Å². The summed E-state index contributed by atoms with van der Waals surface area (Å²) >= 11 is 0. The zero-order valence-electron chi connectivity index (χ0n) is 18.4. The van der Waals surface area contributed by atoms with Gasteiger partial charge < -0.3 is 18.7 Å². The molecule has 0 saturated carbocycles. The van der Waals surface area contributed by atoms with Gasteiger partial charge in [-0.05, 0) is 48.0 Å². The average Bonchev–Trinajstić information content (AvgIpc) is 3.33. The van der Waals surface area contributed by atoms with Crippen molar-refractivity contribution in [3.63, 3.8) is 0 Å². The lowest BCUT2D eigenvalue weighted by molar-refractivity contribution is -0.132. The third kappa shape index (κ3) is 5.36. The molecule has 0 amide bonds. The van der Waals surface area contributed by atoms with Gasteiger partial charge in [-0.25, -0.2) is 4.79 Å². The fourth-order valence-electron chi connectivity index (χ4n) is 3.08. The van der Waals surface area contributed by atoms with Crippen LogP contribution in [0.25, 0.3) is 23.6 Å². The summed E-state index contributed by atoms with van der Waals surface area (Å²) in [5.41, 5.74) is 1.70. The third-order valence-electron chi connectivity index (χ3n) is 4.64. The second-order valence-electron chi connectivity index (χ2n) is 7.05. The Hall–Kier alpha value is -4.72. The summed E-state index contributed by atoms with van der Waals surface area (Å²) in [6.07, 6.45) is 3.42. The van der Waals surface area contributed by atoms with Crippen molar-refractivity contribution in [2.24, 2.45) is 0 Å². The first-order chi connectivity index (χ1) is 16.5. The van der Waals surface area contributed by atoms with E-state index >= 15 is 0 Å². The summed E-state index contributed by atoms with van der Waals surface area (Å²) in [6, 6.07) is 20.7. The summed E-state index contributed by atoms with van der Waals surface area (Å²) in [6.45, 7) is 1.32. The van der Waals surface area contributed by atoms with Gasteiger partial charge in [0.2, 0.25) is 0 Å². The van der Waals surface area contributed by atoms with Gasteiger partial charge in [0.1, 0.15) is 5.75 Å². The highest BCUT2D eigenvalue weighted by atomic mass is 16.6. The molecule has 4 rings (SSSR count). The Morgan fingerprint density at radius 2 is 1.62 bits per heavy atom. The summed E-state index contributed by atoms with van der Waals surface area (Å²) in [5.74, 6) is 0.660. The Kier molecular flexibility index (Phi) is 6.78. The predicted octanol–water partition coefficient (Wildman–Crippen LogP) is 5.06. The minimum Gasteiger partial charge on any atom is -0.493 e. The number of carbonyl (C=O) groups is 2. The van der Waals surface area contributed by atoms with Crippen LogP contribution >= 0.6 is 0 Å². The molecule has 0 spiro atoms. The van der Waals surface area contributed by atoms with Crippen molar-refractivity contribution in [2.45, 2.75) is 6.92 Å². The second-order valence-corrected chi connectivity index (χ2v) is 7.05. The Morgan fingerprint density at radius 1 is 0.853 bits per heavy atom. The highest BCUT2D eigenvalue weighted by molar-refractivity contribution is 5.91. The number of para-hydroxylation sites is 1. The van der Waals surface area contributed by atoms with Gasteiger partial charge in [-0.3, -0.25) is 4.79 Å².